The van der Waals surface area contributed by atoms with Crippen LogP contribution < -0.4 is 0 Å². The van der Waals surface area contributed by atoms with E-state index >= 15 is 0 Å². The number of hydrogen-bond donors (Lipinski definition) is 0. The summed E-state index contributed by atoms with van der Waals surface area (Å²) in [4.78, 5) is 11.2. The van der Waals surface area contributed by atoms with Crippen molar-refractivity contribution in [3.05, 3.63) is 71.0 Å². The minimum atomic E-state index is -0.236. The highest BCUT2D eigenvalue weighted by Crippen LogP contribution is 2.21. The molecule has 3 heteroatoms. The first kappa shape index (κ1) is 15.9. The fourth-order valence-electron chi connectivity index (χ4n) is 2.41. The first-order valence-electron chi connectivity index (χ1n) is 7.82. The van der Waals surface area contributed by atoms with Gasteiger partial charge >= 0.3 is 5.97 Å². The van der Waals surface area contributed by atoms with E-state index in [0.29, 0.717) is 12.8 Å². The lowest BCUT2D eigenvalue weighted by Crippen LogP contribution is -2.01. The van der Waals surface area contributed by atoms with E-state index < -0.39 is 0 Å². The van der Waals surface area contributed by atoms with Gasteiger partial charge in [-0.1, -0.05) is 29.5 Å². The van der Waals surface area contributed by atoms with Crippen molar-refractivity contribution >= 4 is 16.9 Å². The van der Waals surface area contributed by atoms with Gasteiger partial charge in [-0.25, -0.2) is 0 Å². The lowest BCUT2D eigenvalue weighted by atomic mass is 10.1. The number of rotatable bonds is 3. The summed E-state index contributed by atoms with van der Waals surface area (Å²) in [5.74, 6) is 6.88. The van der Waals surface area contributed by atoms with E-state index in [1.165, 1.54) is 12.7 Å². The molecule has 1 heterocycles. The zero-order chi connectivity index (χ0) is 16.9. The first-order chi connectivity index (χ1) is 11.6. The Morgan fingerprint density at radius 3 is 2.50 bits per heavy atom. The molecule has 1 aromatic heterocycles. The van der Waals surface area contributed by atoms with E-state index in [4.69, 9.17) is 4.42 Å². The Labute approximate surface area is 141 Å². The molecule has 0 aliphatic carbocycles. The summed E-state index contributed by atoms with van der Waals surface area (Å²) >= 11 is 0. The molecule has 0 saturated carbocycles. The third kappa shape index (κ3) is 3.85. The van der Waals surface area contributed by atoms with E-state index in [0.717, 1.165) is 27.9 Å². The Balaban J connectivity index is 1.78. The highest BCUT2D eigenvalue weighted by atomic mass is 16.5. The fourth-order valence-corrected chi connectivity index (χ4v) is 2.41. The van der Waals surface area contributed by atoms with Gasteiger partial charge in [0.05, 0.1) is 13.5 Å². The van der Waals surface area contributed by atoms with Gasteiger partial charge in [0.15, 0.2) is 0 Å². The third-order valence-corrected chi connectivity index (χ3v) is 3.77. The molecular formula is C21H18O3. The van der Waals surface area contributed by atoms with Crippen molar-refractivity contribution < 1.29 is 13.9 Å². The molecule has 0 spiro atoms. The number of carbonyl (C=O) groups is 1. The number of benzene rings is 2. The van der Waals surface area contributed by atoms with Crippen LogP contribution in [0.15, 0.2) is 52.9 Å². The van der Waals surface area contributed by atoms with Crippen LogP contribution in [-0.4, -0.2) is 13.1 Å². The maximum atomic E-state index is 11.2. The van der Waals surface area contributed by atoms with Crippen LogP contribution in [0.2, 0.25) is 0 Å². The van der Waals surface area contributed by atoms with Gasteiger partial charge in [0.1, 0.15) is 11.3 Å². The summed E-state index contributed by atoms with van der Waals surface area (Å²) in [6.07, 6.45) is 0.849. The number of aryl methyl sites for hydroxylation is 2. The molecule has 0 radical (unpaired) electrons. The smallest absolute Gasteiger partial charge is 0.305 e. The molecule has 120 valence electrons. The van der Waals surface area contributed by atoms with E-state index in [1.54, 1.807) is 0 Å². The summed E-state index contributed by atoms with van der Waals surface area (Å²) in [7, 11) is 1.39. The quantitative estimate of drug-likeness (QED) is 0.535. The van der Waals surface area contributed by atoms with E-state index in [1.807, 2.05) is 36.4 Å². The number of esters is 1. The Bertz CT molecular complexity index is 921. The lowest BCUT2D eigenvalue weighted by Gasteiger charge is -1.95. The van der Waals surface area contributed by atoms with Crippen molar-refractivity contribution in [3.8, 4) is 11.8 Å². The van der Waals surface area contributed by atoms with Gasteiger partial charge in [-0.3, -0.25) is 4.79 Å². The third-order valence-electron chi connectivity index (χ3n) is 3.77. The van der Waals surface area contributed by atoms with Gasteiger partial charge < -0.3 is 9.15 Å². The van der Waals surface area contributed by atoms with Crippen LogP contribution in [0.3, 0.4) is 0 Å². The number of hydrogen-bond acceptors (Lipinski definition) is 3. The molecule has 3 rings (SSSR count). The van der Waals surface area contributed by atoms with Crippen LogP contribution in [0.5, 0.6) is 0 Å². The van der Waals surface area contributed by atoms with E-state index in [9.17, 15) is 4.79 Å². The monoisotopic (exact) mass is 318 g/mol. The van der Waals surface area contributed by atoms with Gasteiger partial charge in [0.2, 0.25) is 0 Å². The summed E-state index contributed by atoms with van der Waals surface area (Å²) in [5, 5.41) is 0.991. The second kappa shape index (κ2) is 7.06. The second-order valence-corrected chi connectivity index (χ2v) is 5.66. The zero-order valence-corrected chi connectivity index (χ0v) is 13.8. The van der Waals surface area contributed by atoms with Crippen molar-refractivity contribution in [1.29, 1.82) is 0 Å². The van der Waals surface area contributed by atoms with Gasteiger partial charge in [-0.2, -0.15) is 0 Å². The standard InChI is InChI=1S/C21H18O3/c1-15-3-5-16(6-4-15)7-8-17-9-11-20-18(13-17)14-19(24-20)10-12-21(22)23-2/h3-6,9,11,13-14H,10,12H2,1-2H3. The maximum absolute atomic E-state index is 11.2. The van der Waals surface area contributed by atoms with E-state index in [2.05, 4.69) is 35.6 Å². The Morgan fingerprint density at radius 2 is 1.75 bits per heavy atom. The molecule has 0 unspecified atom stereocenters. The average Bonchev–Trinajstić information content (AvgIpc) is 3.01. The van der Waals surface area contributed by atoms with Gasteiger partial charge in [0.25, 0.3) is 0 Å². The molecule has 24 heavy (non-hydrogen) atoms. The van der Waals surface area contributed by atoms with Gasteiger partial charge in [-0.15, -0.1) is 0 Å². The molecule has 0 atom stereocenters. The number of fused-ring (bicyclic) bond motifs is 1. The lowest BCUT2D eigenvalue weighted by molar-refractivity contribution is -0.140. The number of furan rings is 1. The molecule has 0 saturated heterocycles. The molecule has 0 N–H and O–H groups in total. The summed E-state index contributed by atoms with van der Waals surface area (Å²) in [6.45, 7) is 2.06. The van der Waals surface area contributed by atoms with Gasteiger partial charge in [0, 0.05) is 22.9 Å². The van der Waals surface area contributed by atoms with Crippen molar-refractivity contribution in [1.82, 2.24) is 0 Å². The maximum Gasteiger partial charge on any atom is 0.305 e. The topological polar surface area (TPSA) is 39.4 Å². The SMILES string of the molecule is COC(=O)CCc1cc2cc(C#Cc3ccc(C)cc3)ccc2o1. The molecule has 3 aromatic rings. The Hall–Kier alpha value is -2.99. The molecule has 0 aliphatic rings. The Morgan fingerprint density at radius 1 is 1.04 bits per heavy atom. The van der Waals surface area contributed by atoms with Crippen LogP contribution in [0.25, 0.3) is 11.0 Å². The van der Waals surface area contributed by atoms with Crippen LogP contribution in [0.4, 0.5) is 0 Å². The van der Waals surface area contributed by atoms with Crippen LogP contribution in [0.1, 0.15) is 28.9 Å². The molecule has 0 aliphatic heterocycles. The molecular weight excluding hydrogens is 300 g/mol. The largest absolute Gasteiger partial charge is 0.469 e. The molecule has 2 aromatic carbocycles. The number of carbonyl (C=O) groups excluding carboxylic acids is 1. The molecule has 3 nitrogen and oxygen atoms in total. The second-order valence-electron chi connectivity index (χ2n) is 5.66. The van der Waals surface area contributed by atoms with Crippen LogP contribution in [0, 0.1) is 18.8 Å². The minimum absolute atomic E-state index is 0.236. The molecule has 0 bridgehead atoms. The molecule has 0 fully saturated rings. The number of methoxy groups -OCH3 is 1. The fraction of sp³-hybridized carbons (Fsp3) is 0.190. The average molecular weight is 318 g/mol. The summed E-state index contributed by atoms with van der Waals surface area (Å²) in [5.41, 5.74) is 3.95. The molecule has 0 amide bonds. The van der Waals surface area contributed by atoms with Crippen LogP contribution >= 0.6 is 0 Å². The summed E-state index contributed by atoms with van der Waals surface area (Å²) < 4.78 is 10.4. The highest BCUT2D eigenvalue weighted by molar-refractivity contribution is 5.80. The highest BCUT2D eigenvalue weighted by Gasteiger charge is 2.07. The predicted octanol–water partition coefficient (Wildman–Crippen LogP) is 4.25. The first-order valence-corrected chi connectivity index (χ1v) is 7.82. The van der Waals surface area contributed by atoms with Gasteiger partial charge in [-0.05, 0) is 43.3 Å². The predicted molar refractivity (Wildman–Crippen MR) is 93.7 cm³/mol. The van der Waals surface area contributed by atoms with Crippen molar-refractivity contribution in [2.75, 3.05) is 7.11 Å². The Kier molecular flexibility index (Phi) is 4.67. The summed E-state index contributed by atoms with van der Waals surface area (Å²) in [6, 6.07) is 15.9. The number of ether oxygens (including phenoxy) is 1. The zero-order valence-electron chi connectivity index (χ0n) is 13.8. The van der Waals surface area contributed by atoms with Crippen molar-refractivity contribution in [2.24, 2.45) is 0 Å². The van der Waals surface area contributed by atoms with Crippen molar-refractivity contribution in [2.45, 2.75) is 19.8 Å². The minimum Gasteiger partial charge on any atom is -0.469 e. The van der Waals surface area contributed by atoms with Crippen LogP contribution in [-0.2, 0) is 16.0 Å². The van der Waals surface area contributed by atoms with Crippen molar-refractivity contribution in [3.63, 3.8) is 0 Å². The normalized spacial score (nSPS) is 10.2. The van der Waals surface area contributed by atoms with E-state index in [-0.39, 0.29) is 5.97 Å².